The normalized spacial score (nSPS) is 11.8. The van der Waals surface area contributed by atoms with Gasteiger partial charge in [0.1, 0.15) is 23.5 Å². The number of anilines is 1. The first-order valence-electron chi connectivity index (χ1n) is 9.60. The average molecular weight is 430 g/mol. The zero-order chi connectivity index (χ0) is 20.2. The van der Waals surface area contributed by atoms with E-state index in [1.807, 2.05) is 30.3 Å². The van der Waals surface area contributed by atoms with E-state index in [-0.39, 0.29) is 0 Å². The molecule has 2 heterocycles. The molecule has 5 heteroatoms. The Hall–Kier alpha value is -3.21. The Kier molecular flexibility index (Phi) is 3.91. The molecule has 0 saturated heterocycles. The van der Waals surface area contributed by atoms with Crippen molar-refractivity contribution in [3.05, 3.63) is 83.4 Å². The molecule has 6 rings (SSSR count). The highest BCUT2D eigenvalue weighted by atomic mass is 35.5. The molecular formula is C25H16ClNO2S. The van der Waals surface area contributed by atoms with Gasteiger partial charge < -0.3 is 14.9 Å². The third kappa shape index (κ3) is 2.72. The highest BCUT2D eigenvalue weighted by molar-refractivity contribution is 7.26. The molecule has 146 valence electrons. The number of nitrogen functional groups attached to an aromatic ring is 1. The van der Waals surface area contributed by atoms with Crippen LogP contribution in [0.25, 0.3) is 42.1 Å². The monoisotopic (exact) mass is 429 g/mol. The first-order valence-corrected chi connectivity index (χ1v) is 10.8. The van der Waals surface area contributed by atoms with Crippen LogP contribution in [-0.4, -0.2) is 0 Å². The summed E-state index contributed by atoms with van der Waals surface area (Å²) < 4.78 is 14.6. The molecule has 0 radical (unpaired) electrons. The zero-order valence-corrected chi connectivity index (χ0v) is 17.4. The van der Waals surface area contributed by atoms with Gasteiger partial charge in [-0.05, 0) is 30.3 Å². The molecule has 0 aliphatic carbocycles. The summed E-state index contributed by atoms with van der Waals surface area (Å²) in [4.78, 5) is 0. The molecule has 0 unspecified atom stereocenters. The summed E-state index contributed by atoms with van der Waals surface area (Å²) in [6, 6.07) is 24.2. The number of hydrogen-bond donors (Lipinski definition) is 1. The molecule has 0 saturated carbocycles. The first kappa shape index (κ1) is 17.6. The molecule has 30 heavy (non-hydrogen) atoms. The summed E-state index contributed by atoms with van der Waals surface area (Å²) in [5, 5.41) is 5.09. The maximum absolute atomic E-state index is 6.32. The first-order chi connectivity index (χ1) is 14.7. The summed E-state index contributed by atoms with van der Waals surface area (Å²) in [5.41, 5.74) is 9.55. The lowest BCUT2D eigenvalue weighted by Gasteiger charge is -2.10. The quantitative estimate of drug-likeness (QED) is 0.292. The van der Waals surface area contributed by atoms with Gasteiger partial charge in [0.25, 0.3) is 0 Å². The Balaban J connectivity index is 1.39. The van der Waals surface area contributed by atoms with Gasteiger partial charge in [-0.3, -0.25) is 0 Å². The maximum Gasteiger partial charge on any atom is 0.146 e. The smallest absolute Gasteiger partial charge is 0.146 e. The standard InChI is InChI=1S/C25H16ClNO2S/c26-15-8-9-21-18(10-15)19-11-20(27)23(12-22(19)29-21)28-13-14-4-3-6-17-16-5-1-2-7-24(16)30-25(14)17/h1-12H,13,27H2. The topological polar surface area (TPSA) is 48.4 Å². The van der Waals surface area contributed by atoms with E-state index in [9.17, 15) is 0 Å². The number of hydrogen-bond acceptors (Lipinski definition) is 4. The van der Waals surface area contributed by atoms with Crippen molar-refractivity contribution in [2.24, 2.45) is 0 Å². The number of ether oxygens (including phenoxy) is 1. The molecule has 2 aromatic heterocycles. The third-order valence-electron chi connectivity index (χ3n) is 5.43. The second kappa shape index (κ2) is 6.66. The minimum absolute atomic E-state index is 0.436. The SMILES string of the molecule is Nc1cc2c(cc1OCc1cccc3c1sc1ccccc13)oc1ccc(Cl)cc12. The van der Waals surface area contributed by atoms with Gasteiger partial charge in [-0.2, -0.15) is 0 Å². The van der Waals surface area contributed by atoms with Crippen LogP contribution in [0.5, 0.6) is 5.75 Å². The van der Waals surface area contributed by atoms with Crippen LogP contribution in [0.15, 0.2) is 77.2 Å². The van der Waals surface area contributed by atoms with Crippen LogP contribution in [-0.2, 0) is 6.61 Å². The fourth-order valence-corrected chi connectivity index (χ4v) is 5.37. The second-order valence-electron chi connectivity index (χ2n) is 7.31. The summed E-state index contributed by atoms with van der Waals surface area (Å²) >= 11 is 7.94. The maximum atomic E-state index is 6.32. The molecule has 0 fully saturated rings. The van der Waals surface area contributed by atoms with Crippen LogP contribution in [0.2, 0.25) is 5.02 Å². The Morgan fingerprint density at radius 3 is 2.60 bits per heavy atom. The molecule has 0 spiro atoms. The van der Waals surface area contributed by atoms with Gasteiger partial charge >= 0.3 is 0 Å². The lowest BCUT2D eigenvalue weighted by Crippen LogP contribution is -1.98. The average Bonchev–Trinajstić information content (AvgIpc) is 3.30. The lowest BCUT2D eigenvalue weighted by molar-refractivity contribution is 0.309. The number of nitrogens with two attached hydrogens (primary N) is 1. The predicted molar refractivity (Wildman–Crippen MR) is 127 cm³/mol. The van der Waals surface area contributed by atoms with Crippen molar-refractivity contribution in [2.45, 2.75) is 6.61 Å². The molecule has 3 nitrogen and oxygen atoms in total. The summed E-state index contributed by atoms with van der Waals surface area (Å²) in [6.45, 7) is 0.436. The molecular weight excluding hydrogens is 414 g/mol. The summed E-state index contributed by atoms with van der Waals surface area (Å²) in [5.74, 6) is 0.616. The predicted octanol–water partition coefficient (Wildman–Crippen LogP) is 7.77. The number of benzene rings is 4. The third-order valence-corrected chi connectivity index (χ3v) is 6.93. The van der Waals surface area contributed by atoms with E-state index in [2.05, 4.69) is 42.5 Å². The van der Waals surface area contributed by atoms with Gasteiger partial charge in [-0.25, -0.2) is 0 Å². The van der Waals surface area contributed by atoms with E-state index in [1.54, 1.807) is 11.3 Å². The molecule has 6 aromatic rings. The minimum atomic E-state index is 0.436. The van der Waals surface area contributed by atoms with Crippen molar-refractivity contribution in [1.82, 2.24) is 0 Å². The van der Waals surface area contributed by atoms with Crippen molar-refractivity contribution in [3.63, 3.8) is 0 Å². The highest BCUT2D eigenvalue weighted by Gasteiger charge is 2.13. The number of furan rings is 1. The Morgan fingerprint density at radius 2 is 1.67 bits per heavy atom. The zero-order valence-electron chi connectivity index (χ0n) is 15.8. The fraction of sp³-hybridized carbons (Fsp3) is 0.0400. The number of thiophene rings is 1. The van der Waals surface area contributed by atoms with E-state index < -0.39 is 0 Å². The molecule has 0 bridgehead atoms. The van der Waals surface area contributed by atoms with Gasteiger partial charge in [0.2, 0.25) is 0 Å². The van der Waals surface area contributed by atoms with Crippen molar-refractivity contribution in [3.8, 4) is 5.75 Å². The van der Waals surface area contributed by atoms with Crippen LogP contribution in [0.3, 0.4) is 0 Å². The number of rotatable bonds is 3. The number of fused-ring (bicyclic) bond motifs is 6. The molecule has 0 aliphatic heterocycles. The summed E-state index contributed by atoms with van der Waals surface area (Å²) in [6.07, 6.45) is 0. The molecule has 4 aromatic carbocycles. The fourth-order valence-electron chi connectivity index (χ4n) is 3.99. The number of halogens is 1. The minimum Gasteiger partial charge on any atom is -0.487 e. The van der Waals surface area contributed by atoms with E-state index in [0.717, 1.165) is 27.5 Å². The lowest BCUT2D eigenvalue weighted by atomic mass is 10.1. The van der Waals surface area contributed by atoms with E-state index in [1.165, 1.54) is 20.2 Å². The Bertz CT molecular complexity index is 1580. The van der Waals surface area contributed by atoms with E-state index >= 15 is 0 Å². The molecule has 0 aliphatic rings. The van der Waals surface area contributed by atoms with Crippen LogP contribution < -0.4 is 10.5 Å². The Labute approximate surface area is 181 Å². The van der Waals surface area contributed by atoms with Gasteiger partial charge in [-0.15, -0.1) is 11.3 Å². The van der Waals surface area contributed by atoms with Gasteiger partial charge in [-0.1, -0.05) is 48.0 Å². The molecule has 2 N–H and O–H groups in total. The van der Waals surface area contributed by atoms with Crippen LogP contribution in [0.1, 0.15) is 5.56 Å². The van der Waals surface area contributed by atoms with E-state index in [4.69, 9.17) is 26.5 Å². The van der Waals surface area contributed by atoms with Crippen molar-refractivity contribution in [2.75, 3.05) is 5.73 Å². The van der Waals surface area contributed by atoms with Gasteiger partial charge in [0, 0.05) is 47.6 Å². The Morgan fingerprint density at radius 1 is 0.833 bits per heavy atom. The highest BCUT2D eigenvalue weighted by Crippen LogP contribution is 2.38. The van der Waals surface area contributed by atoms with Crippen molar-refractivity contribution < 1.29 is 9.15 Å². The van der Waals surface area contributed by atoms with Crippen molar-refractivity contribution in [1.29, 1.82) is 0 Å². The largest absolute Gasteiger partial charge is 0.487 e. The van der Waals surface area contributed by atoms with Gasteiger partial charge in [0.05, 0.1) is 5.69 Å². The second-order valence-corrected chi connectivity index (χ2v) is 8.80. The molecule has 0 amide bonds. The van der Waals surface area contributed by atoms with Gasteiger partial charge in [0.15, 0.2) is 0 Å². The van der Waals surface area contributed by atoms with E-state index in [0.29, 0.717) is 23.1 Å². The van der Waals surface area contributed by atoms with Crippen molar-refractivity contribution >= 4 is 70.7 Å². The van der Waals surface area contributed by atoms with Crippen LogP contribution in [0.4, 0.5) is 5.69 Å². The summed E-state index contributed by atoms with van der Waals surface area (Å²) in [7, 11) is 0. The van der Waals surface area contributed by atoms with Crippen LogP contribution >= 0.6 is 22.9 Å². The molecule has 0 atom stereocenters. The van der Waals surface area contributed by atoms with Crippen LogP contribution in [0, 0.1) is 0 Å².